The number of para-hydroxylation sites is 1. The topological polar surface area (TPSA) is 12.5 Å². The molecule has 2 saturated carbocycles. The Morgan fingerprint density at radius 3 is 2.55 bits per heavy atom. The van der Waals surface area contributed by atoms with Gasteiger partial charge in [-0.15, -0.1) is 0 Å². The quantitative estimate of drug-likeness (QED) is 0.742. The largest absolute Gasteiger partial charge is 0.376 e. The minimum atomic E-state index is 0.522. The van der Waals surface area contributed by atoms with E-state index in [4.69, 9.17) is 4.74 Å². The van der Waals surface area contributed by atoms with Crippen molar-refractivity contribution in [3.8, 4) is 0 Å². The second-order valence-electron chi connectivity index (χ2n) is 7.03. The number of rotatable bonds is 6. The molecule has 2 nitrogen and oxygen atoms in total. The Morgan fingerprint density at radius 1 is 1.00 bits per heavy atom. The molecule has 122 valence electrons. The standard InChI is InChI=1S/C20H31NO/c1-2-21(19-10-4-3-5-11-19)14-15-22-20-13-12-17-8-6-7-9-18(17)16-20/h3-5,10-11,17-18,20H,2,6-9,12-16H2,1H3. The SMILES string of the molecule is CCN(CCOC1CCC2CCCCC2C1)c1ccccc1. The van der Waals surface area contributed by atoms with Crippen molar-refractivity contribution in [3.05, 3.63) is 30.3 Å². The maximum Gasteiger partial charge on any atom is 0.0645 e. The zero-order valence-electron chi connectivity index (χ0n) is 14.0. The first-order valence-electron chi connectivity index (χ1n) is 9.28. The van der Waals surface area contributed by atoms with E-state index >= 15 is 0 Å². The highest BCUT2D eigenvalue weighted by molar-refractivity contribution is 5.45. The first-order chi connectivity index (χ1) is 10.9. The number of benzene rings is 1. The summed E-state index contributed by atoms with van der Waals surface area (Å²) in [6.07, 6.45) is 10.4. The maximum absolute atomic E-state index is 6.24. The molecule has 1 aromatic rings. The molecule has 0 aliphatic heterocycles. The van der Waals surface area contributed by atoms with Gasteiger partial charge >= 0.3 is 0 Å². The molecule has 0 amide bonds. The predicted octanol–water partition coefficient (Wildman–Crippen LogP) is 4.89. The number of hydrogen-bond donors (Lipinski definition) is 0. The molecule has 0 spiro atoms. The molecule has 3 atom stereocenters. The number of ether oxygens (including phenoxy) is 1. The average molecular weight is 301 g/mol. The summed E-state index contributed by atoms with van der Waals surface area (Å²) in [6, 6.07) is 10.7. The smallest absolute Gasteiger partial charge is 0.0645 e. The molecule has 0 bridgehead atoms. The highest BCUT2D eigenvalue weighted by Crippen LogP contribution is 2.41. The van der Waals surface area contributed by atoms with Crippen molar-refractivity contribution >= 4 is 5.69 Å². The summed E-state index contributed by atoms with van der Waals surface area (Å²) < 4.78 is 6.24. The molecule has 0 aromatic heterocycles. The first kappa shape index (κ1) is 15.9. The van der Waals surface area contributed by atoms with Crippen molar-refractivity contribution in [2.75, 3.05) is 24.6 Å². The van der Waals surface area contributed by atoms with Crippen LogP contribution < -0.4 is 4.90 Å². The zero-order valence-corrected chi connectivity index (χ0v) is 14.0. The van der Waals surface area contributed by atoms with Crippen molar-refractivity contribution in [1.29, 1.82) is 0 Å². The first-order valence-corrected chi connectivity index (χ1v) is 9.28. The lowest BCUT2D eigenvalue weighted by molar-refractivity contribution is -0.00977. The Balaban J connectivity index is 1.42. The monoisotopic (exact) mass is 301 g/mol. The molecule has 0 N–H and O–H groups in total. The number of anilines is 1. The molecule has 1 aromatic carbocycles. The van der Waals surface area contributed by atoms with Crippen molar-refractivity contribution in [2.24, 2.45) is 11.8 Å². The van der Waals surface area contributed by atoms with Gasteiger partial charge in [-0.05, 0) is 50.2 Å². The highest BCUT2D eigenvalue weighted by atomic mass is 16.5. The van der Waals surface area contributed by atoms with Crippen LogP contribution in [0.4, 0.5) is 5.69 Å². The van der Waals surface area contributed by atoms with Gasteiger partial charge in [0.15, 0.2) is 0 Å². The van der Waals surface area contributed by atoms with E-state index in [1.54, 1.807) is 0 Å². The Morgan fingerprint density at radius 2 is 1.77 bits per heavy atom. The van der Waals surface area contributed by atoms with Crippen LogP contribution in [-0.4, -0.2) is 25.8 Å². The van der Waals surface area contributed by atoms with Crippen LogP contribution >= 0.6 is 0 Å². The average Bonchev–Trinajstić information content (AvgIpc) is 2.59. The summed E-state index contributed by atoms with van der Waals surface area (Å²) in [7, 11) is 0. The van der Waals surface area contributed by atoms with Crippen LogP contribution in [0.5, 0.6) is 0 Å². The molecule has 22 heavy (non-hydrogen) atoms. The van der Waals surface area contributed by atoms with Crippen LogP contribution in [0.1, 0.15) is 51.9 Å². The summed E-state index contributed by atoms with van der Waals surface area (Å²) in [5.74, 6) is 1.98. The lowest BCUT2D eigenvalue weighted by atomic mass is 9.70. The molecule has 0 radical (unpaired) electrons. The van der Waals surface area contributed by atoms with Crippen LogP contribution in [0.3, 0.4) is 0 Å². The Kier molecular flexibility index (Phi) is 5.77. The van der Waals surface area contributed by atoms with Gasteiger partial charge in [-0.1, -0.05) is 43.9 Å². The van der Waals surface area contributed by atoms with Crippen LogP contribution in [0.2, 0.25) is 0 Å². The highest BCUT2D eigenvalue weighted by Gasteiger charge is 2.32. The number of nitrogens with zero attached hydrogens (tertiary/aromatic N) is 1. The summed E-state index contributed by atoms with van der Waals surface area (Å²) >= 11 is 0. The number of fused-ring (bicyclic) bond motifs is 1. The fourth-order valence-corrected chi connectivity index (χ4v) is 4.42. The van der Waals surface area contributed by atoms with Crippen LogP contribution in [0, 0.1) is 11.8 Å². The summed E-state index contributed by atoms with van der Waals surface area (Å²) in [5.41, 5.74) is 1.31. The lowest BCUT2D eigenvalue weighted by Crippen LogP contribution is -2.34. The van der Waals surface area contributed by atoms with Gasteiger partial charge < -0.3 is 9.64 Å². The maximum atomic E-state index is 6.24. The van der Waals surface area contributed by atoms with Gasteiger partial charge in [-0.25, -0.2) is 0 Å². The molecule has 3 unspecified atom stereocenters. The van der Waals surface area contributed by atoms with Crippen molar-refractivity contribution < 1.29 is 4.74 Å². The molecule has 3 rings (SSSR count). The zero-order chi connectivity index (χ0) is 15.2. The minimum absolute atomic E-state index is 0.522. The van der Waals surface area contributed by atoms with E-state index in [1.807, 2.05) is 0 Å². The molecule has 2 aliphatic carbocycles. The molecule has 0 heterocycles. The van der Waals surface area contributed by atoms with Crippen LogP contribution in [0.25, 0.3) is 0 Å². The van der Waals surface area contributed by atoms with Gasteiger partial charge in [0, 0.05) is 18.8 Å². The van der Waals surface area contributed by atoms with Gasteiger partial charge in [-0.2, -0.15) is 0 Å². The molecule has 2 aliphatic rings. The Bertz CT molecular complexity index is 433. The van der Waals surface area contributed by atoms with Gasteiger partial charge in [0.1, 0.15) is 0 Å². The number of hydrogen-bond acceptors (Lipinski definition) is 2. The van der Waals surface area contributed by atoms with E-state index in [0.29, 0.717) is 6.10 Å². The third-order valence-corrected chi connectivity index (χ3v) is 5.71. The molecule has 0 saturated heterocycles. The molecular formula is C20H31NO. The van der Waals surface area contributed by atoms with E-state index in [2.05, 4.69) is 42.2 Å². The Labute approximate surface area is 135 Å². The number of likely N-dealkylation sites (N-methyl/N-ethyl adjacent to an activating group) is 1. The van der Waals surface area contributed by atoms with Crippen LogP contribution in [-0.2, 0) is 4.74 Å². The van der Waals surface area contributed by atoms with E-state index in [1.165, 1.54) is 50.6 Å². The third kappa shape index (κ3) is 4.04. The minimum Gasteiger partial charge on any atom is -0.376 e. The molecular weight excluding hydrogens is 270 g/mol. The molecule has 2 fully saturated rings. The van der Waals surface area contributed by atoms with Gasteiger partial charge in [0.2, 0.25) is 0 Å². The Hall–Kier alpha value is -1.02. The third-order valence-electron chi connectivity index (χ3n) is 5.71. The van der Waals surface area contributed by atoms with Gasteiger partial charge in [0.25, 0.3) is 0 Å². The van der Waals surface area contributed by atoms with Crippen molar-refractivity contribution in [2.45, 2.75) is 58.0 Å². The normalized spacial score (nSPS) is 28.1. The lowest BCUT2D eigenvalue weighted by Gasteiger charge is -2.39. The molecule has 2 heteroatoms. The predicted molar refractivity (Wildman–Crippen MR) is 93.4 cm³/mol. The van der Waals surface area contributed by atoms with E-state index in [-0.39, 0.29) is 0 Å². The van der Waals surface area contributed by atoms with Crippen molar-refractivity contribution in [3.63, 3.8) is 0 Å². The second-order valence-corrected chi connectivity index (χ2v) is 7.03. The summed E-state index contributed by atoms with van der Waals surface area (Å²) in [6.45, 7) is 5.14. The van der Waals surface area contributed by atoms with E-state index in [0.717, 1.165) is 31.5 Å². The van der Waals surface area contributed by atoms with E-state index in [9.17, 15) is 0 Å². The summed E-state index contributed by atoms with van der Waals surface area (Å²) in [5, 5.41) is 0. The second kappa shape index (κ2) is 8.01. The fraction of sp³-hybridized carbons (Fsp3) is 0.700. The fourth-order valence-electron chi connectivity index (χ4n) is 4.42. The summed E-state index contributed by atoms with van der Waals surface area (Å²) in [4.78, 5) is 2.41. The van der Waals surface area contributed by atoms with Crippen molar-refractivity contribution in [1.82, 2.24) is 0 Å². The van der Waals surface area contributed by atoms with E-state index < -0.39 is 0 Å². The van der Waals surface area contributed by atoms with Gasteiger partial charge in [0.05, 0.1) is 12.7 Å². The van der Waals surface area contributed by atoms with Crippen LogP contribution in [0.15, 0.2) is 30.3 Å². The van der Waals surface area contributed by atoms with Gasteiger partial charge in [-0.3, -0.25) is 0 Å².